The van der Waals surface area contributed by atoms with Crippen LogP contribution in [0.25, 0.3) is 0 Å². The number of rotatable bonds is 3. The molecule has 5 heteroatoms. The standard InChI is InChI=1S/C22H23NO4/c1-21(2)12-19(24)17(14-27-21)22(26)16-10-6-7-11-18(16)23(20(22)25)13-15-8-4-3-5-9-15/h3-11,17,26H,12-14H2,1-2H3/t17-,22-/m1/s1. The van der Waals surface area contributed by atoms with Crippen molar-refractivity contribution in [3.8, 4) is 0 Å². The topological polar surface area (TPSA) is 66.8 Å². The van der Waals surface area contributed by atoms with Gasteiger partial charge in [0, 0.05) is 12.0 Å². The number of ketones is 1. The van der Waals surface area contributed by atoms with Crippen LogP contribution in [0.2, 0.25) is 0 Å². The van der Waals surface area contributed by atoms with Crippen molar-refractivity contribution in [2.75, 3.05) is 11.5 Å². The summed E-state index contributed by atoms with van der Waals surface area (Å²) in [6, 6.07) is 16.8. The van der Waals surface area contributed by atoms with Gasteiger partial charge in [0.1, 0.15) is 5.78 Å². The number of amides is 1. The zero-order valence-electron chi connectivity index (χ0n) is 15.5. The second-order valence-electron chi connectivity index (χ2n) is 7.93. The fourth-order valence-corrected chi connectivity index (χ4v) is 4.07. The molecule has 4 rings (SSSR count). The monoisotopic (exact) mass is 365 g/mol. The quantitative estimate of drug-likeness (QED) is 0.908. The number of hydrogen-bond donors (Lipinski definition) is 1. The van der Waals surface area contributed by atoms with Gasteiger partial charge in [-0.15, -0.1) is 0 Å². The largest absolute Gasteiger partial charge is 0.375 e. The molecule has 0 bridgehead atoms. The molecule has 0 saturated carbocycles. The second-order valence-corrected chi connectivity index (χ2v) is 7.93. The van der Waals surface area contributed by atoms with E-state index in [1.54, 1.807) is 17.0 Å². The number of carbonyl (C=O) groups excluding carboxylic acids is 2. The Labute approximate surface area is 158 Å². The number of benzene rings is 2. The van der Waals surface area contributed by atoms with Crippen molar-refractivity contribution < 1.29 is 19.4 Å². The van der Waals surface area contributed by atoms with E-state index < -0.39 is 23.0 Å². The van der Waals surface area contributed by atoms with Crippen LogP contribution in [-0.4, -0.2) is 29.0 Å². The van der Waals surface area contributed by atoms with E-state index in [0.29, 0.717) is 17.8 Å². The lowest BCUT2D eigenvalue weighted by molar-refractivity contribution is -0.172. The molecule has 0 radical (unpaired) electrons. The number of fused-ring (bicyclic) bond motifs is 1. The van der Waals surface area contributed by atoms with Crippen LogP contribution >= 0.6 is 0 Å². The van der Waals surface area contributed by atoms with Crippen molar-refractivity contribution in [1.29, 1.82) is 0 Å². The van der Waals surface area contributed by atoms with Gasteiger partial charge in [-0.1, -0.05) is 48.5 Å². The van der Waals surface area contributed by atoms with E-state index in [1.165, 1.54) is 0 Å². The summed E-state index contributed by atoms with van der Waals surface area (Å²) in [7, 11) is 0. The van der Waals surface area contributed by atoms with Gasteiger partial charge in [-0.25, -0.2) is 0 Å². The van der Waals surface area contributed by atoms with E-state index in [9.17, 15) is 14.7 Å². The van der Waals surface area contributed by atoms with Crippen LogP contribution in [0.5, 0.6) is 0 Å². The number of para-hydroxylation sites is 1. The molecule has 1 saturated heterocycles. The highest BCUT2D eigenvalue weighted by Crippen LogP contribution is 2.47. The average Bonchev–Trinajstić information content (AvgIpc) is 2.85. The predicted octanol–water partition coefficient (Wildman–Crippen LogP) is 2.81. The third kappa shape index (κ3) is 2.87. The number of anilines is 1. The fraction of sp³-hybridized carbons (Fsp3) is 0.364. The van der Waals surface area contributed by atoms with Crippen molar-refractivity contribution in [3.63, 3.8) is 0 Å². The molecule has 2 heterocycles. The van der Waals surface area contributed by atoms with E-state index in [4.69, 9.17) is 4.74 Å². The number of carbonyl (C=O) groups is 2. The molecule has 0 aromatic heterocycles. The highest BCUT2D eigenvalue weighted by atomic mass is 16.5. The molecule has 0 aliphatic carbocycles. The van der Waals surface area contributed by atoms with Gasteiger partial charge in [0.25, 0.3) is 5.91 Å². The zero-order valence-corrected chi connectivity index (χ0v) is 15.5. The summed E-state index contributed by atoms with van der Waals surface area (Å²) >= 11 is 0. The molecule has 0 unspecified atom stereocenters. The maximum Gasteiger partial charge on any atom is 0.264 e. The van der Waals surface area contributed by atoms with Crippen molar-refractivity contribution in [1.82, 2.24) is 0 Å². The summed E-state index contributed by atoms with van der Waals surface area (Å²) in [6.07, 6.45) is 0.175. The Kier molecular flexibility index (Phi) is 4.17. The van der Waals surface area contributed by atoms with E-state index in [1.807, 2.05) is 56.3 Å². The van der Waals surface area contributed by atoms with Gasteiger partial charge in [0.15, 0.2) is 5.60 Å². The summed E-state index contributed by atoms with van der Waals surface area (Å²) in [5.74, 6) is -1.51. The normalized spacial score (nSPS) is 26.9. The Bertz CT molecular complexity index is 892. The maximum absolute atomic E-state index is 13.4. The van der Waals surface area contributed by atoms with Gasteiger partial charge in [-0.2, -0.15) is 0 Å². The van der Waals surface area contributed by atoms with Crippen molar-refractivity contribution in [3.05, 3.63) is 65.7 Å². The molecule has 1 amide bonds. The molecule has 27 heavy (non-hydrogen) atoms. The van der Waals surface area contributed by atoms with Gasteiger partial charge < -0.3 is 14.7 Å². The van der Waals surface area contributed by atoms with Gasteiger partial charge in [-0.05, 0) is 25.5 Å². The zero-order chi connectivity index (χ0) is 19.2. The predicted molar refractivity (Wildman–Crippen MR) is 101 cm³/mol. The first-order valence-corrected chi connectivity index (χ1v) is 9.17. The average molecular weight is 365 g/mol. The van der Waals surface area contributed by atoms with Gasteiger partial charge in [-0.3, -0.25) is 9.59 Å². The number of aliphatic hydroxyl groups is 1. The lowest BCUT2D eigenvalue weighted by Crippen LogP contribution is -2.54. The summed E-state index contributed by atoms with van der Waals surface area (Å²) in [4.78, 5) is 27.7. The summed E-state index contributed by atoms with van der Waals surface area (Å²) in [6.45, 7) is 4.06. The van der Waals surface area contributed by atoms with Crippen LogP contribution in [0, 0.1) is 5.92 Å². The number of ether oxygens (including phenoxy) is 1. The lowest BCUT2D eigenvalue weighted by Gasteiger charge is -2.39. The molecular weight excluding hydrogens is 342 g/mol. The first-order valence-electron chi connectivity index (χ1n) is 9.17. The van der Waals surface area contributed by atoms with Crippen LogP contribution in [-0.2, 0) is 26.5 Å². The minimum absolute atomic E-state index is 0.0293. The van der Waals surface area contributed by atoms with Gasteiger partial charge in [0.2, 0.25) is 0 Å². The van der Waals surface area contributed by atoms with Gasteiger partial charge >= 0.3 is 0 Å². The Morgan fingerprint density at radius 1 is 1.07 bits per heavy atom. The van der Waals surface area contributed by atoms with E-state index in [0.717, 1.165) is 5.56 Å². The van der Waals surface area contributed by atoms with Crippen molar-refractivity contribution >= 4 is 17.4 Å². The molecule has 2 atom stereocenters. The molecule has 2 aromatic rings. The van der Waals surface area contributed by atoms with Crippen molar-refractivity contribution in [2.24, 2.45) is 5.92 Å². The van der Waals surface area contributed by atoms with E-state index >= 15 is 0 Å². The molecule has 2 aromatic carbocycles. The van der Waals surface area contributed by atoms with E-state index in [-0.39, 0.29) is 18.8 Å². The molecular formula is C22H23NO4. The number of Topliss-reactive ketones (excluding diaryl/α,β-unsaturated/α-hetero) is 1. The first kappa shape index (κ1) is 17.9. The Balaban J connectivity index is 1.74. The Morgan fingerprint density at radius 3 is 2.44 bits per heavy atom. The smallest absolute Gasteiger partial charge is 0.264 e. The van der Waals surface area contributed by atoms with Crippen LogP contribution in [0.15, 0.2) is 54.6 Å². The highest BCUT2D eigenvalue weighted by molar-refractivity contribution is 6.09. The molecule has 2 aliphatic rings. The molecule has 5 nitrogen and oxygen atoms in total. The Hall–Kier alpha value is -2.50. The molecule has 0 spiro atoms. The van der Waals surface area contributed by atoms with Gasteiger partial charge in [0.05, 0.1) is 30.4 Å². The van der Waals surface area contributed by atoms with E-state index in [2.05, 4.69) is 0 Å². The molecule has 1 fully saturated rings. The molecule has 140 valence electrons. The molecule has 2 aliphatic heterocycles. The van der Waals surface area contributed by atoms with Crippen molar-refractivity contribution in [2.45, 2.75) is 38.0 Å². The number of nitrogens with zero attached hydrogens (tertiary/aromatic N) is 1. The maximum atomic E-state index is 13.4. The third-order valence-electron chi connectivity index (χ3n) is 5.49. The van der Waals surface area contributed by atoms with Crippen LogP contribution in [0.3, 0.4) is 0 Å². The van der Waals surface area contributed by atoms with Crippen LogP contribution < -0.4 is 4.90 Å². The highest BCUT2D eigenvalue weighted by Gasteiger charge is 2.58. The van der Waals surface area contributed by atoms with Crippen LogP contribution in [0.1, 0.15) is 31.4 Å². The minimum atomic E-state index is -1.89. The first-order chi connectivity index (χ1) is 12.8. The summed E-state index contributed by atoms with van der Waals surface area (Å²) < 4.78 is 5.79. The second kappa shape index (κ2) is 6.29. The summed E-state index contributed by atoms with van der Waals surface area (Å²) in [5, 5.41) is 11.5. The Morgan fingerprint density at radius 2 is 1.74 bits per heavy atom. The molecule has 1 N–H and O–H groups in total. The SMILES string of the molecule is CC1(C)CC(=O)[C@H]([C@@]2(O)C(=O)N(Cc3ccccc3)c3ccccc32)CO1. The summed E-state index contributed by atoms with van der Waals surface area (Å²) in [5.41, 5.74) is -0.385. The third-order valence-corrected chi connectivity index (χ3v) is 5.49. The fourth-order valence-electron chi connectivity index (χ4n) is 4.07. The van der Waals surface area contributed by atoms with Crippen LogP contribution in [0.4, 0.5) is 5.69 Å². The number of hydrogen-bond acceptors (Lipinski definition) is 4. The minimum Gasteiger partial charge on any atom is -0.375 e. The lowest BCUT2D eigenvalue weighted by atomic mass is 9.76.